The second-order valence-corrected chi connectivity index (χ2v) is 5.23. The average Bonchev–Trinajstić information content (AvgIpc) is 2.20. The molecule has 0 fully saturated rings. The normalized spacial score (nSPS) is 11.8. The maximum atomic E-state index is 5.74. The molecule has 1 heteroatoms. The summed E-state index contributed by atoms with van der Waals surface area (Å²) in [7, 11) is 0. The Morgan fingerprint density at radius 3 is 2.47 bits per heavy atom. The van der Waals surface area contributed by atoms with Crippen molar-refractivity contribution in [2.75, 3.05) is 6.54 Å². The molecule has 0 spiro atoms. The van der Waals surface area contributed by atoms with E-state index in [0.29, 0.717) is 0 Å². The first-order valence-corrected chi connectivity index (χ1v) is 5.71. The molecular weight excluding hydrogens is 182 g/mol. The topological polar surface area (TPSA) is 26.0 Å². The van der Waals surface area contributed by atoms with E-state index in [1.165, 1.54) is 16.7 Å². The molecule has 0 atom stereocenters. The maximum Gasteiger partial charge on any atom is -0.00257 e. The van der Waals surface area contributed by atoms with Gasteiger partial charge in [0.05, 0.1) is 0 Å². The monoisotopic (exact) mass is 205 g/mol. The van der Waals surface area contributed by atoms with Gasteiger partial charge in [0.25, 0.3) is 0 Å². The predicted molar refractivity (Wildman–Crippen MR) is 67.1 cm³/mol. The Morgan fingerprint density at radius 2 is 1.87 bits per heavy atom. The predicted octanol–water partition coefficient (Wildman–Crippen LogP) is 3.22. The van der Waals surface area contributed by atoms with Crippen LogP contribution in [0.15, 0.2) is 18.2 Å². The van der Waals surface area contributed by atoms with E-state index in [9.17, 15) is 0 Å². The van der Waals surface area contributed by atoms with Gasteiger partial charge < -0.3 is 5.73 Å². The van der Waals surface area contributed by atoms with Crippen LogP contribution in [0.1, 0.15) is 37.0 Å². The minimum atomic E-state index is 0.260. The minimum absolute atomic E-state index is 0.260. The molecule has 0 amide bonds. The molecule has 1 aromatic rings. The van der Waals surface area contributed by atoms with Crippen molar-refractivity contribution < 1.29 is 0 Å². The van der Waals surface area contributed by atoms with Crippen molar-refractivity contribution in [2.24, 2.45) is 11.1 Å². The summed E-state index contributed by atoms with van der Waals surface area (Å²) < 4.78 is 0. The molecule has 15 heavy (non-hydrogen) atoms. The van der Waals surface area contributed by atoms with Gasteiger partial charge in [0.1, 0.15) is 0 Å². The van der Waals surface area contributed by atoms with Crippen molar-refractivity contribution >= 4 is 0 Å². The lowest BCUT2D eigenvalue weighted by molar-refractivity contribution is 0.347. The Kier molecular flexibility index (Phi) is 3.92. The van der Waals surface area contributed by atoms with Gasteiger partial charge in [-0.25, -0.2) is 0 Å². The summed E-state index contributed by atoms with van der Waals surface area (Å²) in [6.45, 7) is 9.61. The second kappa shape index (κ2) is 4.80. The van der Waals surface area contributed by atoms with Crippen LogP contribution in [0.25, 0.3) is 0 Å². The third-order valence-corrected chi connectivity index (χ3v) is 3.34. The zero-order valence-electron chi connectivity index (χ0n) is 10.4. The first kappa shape index (κ1) is 12.3. The molecule has 0 aliphatic heterocycles. The molecule has 0 bridgehead atoms. The van der Waals surface area contributed by atoms with Crippen LogP contribution in [0.2, 0.25) is 0 Å². The Bertz CT molecular complexity index is 326. The lowest BCUT2D eigenvalue weighted by Crippen LogP contribution is -2.24. The molecular formula is C14H23N. The largest absolute Gasteiger partial charge is 0.330 e. The molecule has 1 nitrogen and oxygen atoms in total. The van der Waals surface area contributed by atoms with E-state index < -0.39 is 0 Å². The first-order chi connectivity index (χ1) is 6.96. The van der Waals surface area contributed by atoms with E-state index in [1.807, 2.05) is 0 Å². The van der Waals surface area contributed by atoms with E-state index in [4.69, 9.17) is 5.73 Å². The number of rotatable bonds is 4. The van der Waals surface area contributed by atoms with Gasteiger partial charge in [0.2, 0.25) is 0 Å². The van der Waals surface area contributed by atoms with Crippen molar-refractivity contribution in [1.29, 1.82) is 0 Å². The fourth-order valence-electron chi connectivity index (χ4n) is 1.66. The lowest BCUT2D eigenvalue weighted by atomic mass is 9.85. The minimum Gasteiger partial charge on any atom is -0.330 e. The lowest BCUT2D eigenvalue weighted by Gasteiger charge is -2.22. The summed E-state index contributed by atoms with van der Waals surface area (Å²) >= 11 is 0. The van der Waals surface area contributed by atoms with Crippen molar-refractivity contribution in [3.8, 4) is 0 Å². The highest BCUT2D eigenvalue weighted by Crippen LogP contribution is 2.23. The molecule has 0 heterocycles. The van der Waals surface area contributed by atoms with E-state index in [0.717, 1.165) is 19.4 Å². The highest BCUT2D eigenvalue weighted by atomic mass is 14.6. The summed E-state index contributed by atoms with van der Waals surface area (Å²) in [5, 5.41) is 0. The smallest absolute Gasteiger partial charge is 0.00257 e. The van der Waals surface area contributed by atoms with Gasteiger partial charge in [-0.3, -0.25) is 0 Å². The molecule has 0 unspecified atom stereocenters. The molecule has 0 radical (unpaired) electrons. The van der Waals surface area contributed by atoms with Crippen molar-refractivity contribution in [2.45, 2.75) is 40.5 Å². The van der Waals surface area contributed by atoms with Crippen LogP contribution in [-0.2, 0) is 6.42 Å². The molecule has 0 aliphatic rings. The fourth-order valence-corrected chi connectivity index (χ4v) is 1.66. The van der Waals surface area contributed by atoms with Crippen LogP contribution in [0.3, 0.4) is 0 Å². The van der Waals surface area contributed by atoms with Crippen LogP contribution < -0.4 is 5.73 Å². The molecule has 1 rings (SSSR count). The SMILES string of the molecule is Cc1cccc(CCC(C)(C)CN)c1C. The van der Waals surface area contributed by atoms with Crippen LogP contribution in [0.5, 0.6) is 0 Å². The van der Waals surface area contributed by atoms with E-state index in [-0.39, 0.29) is 5.41 Å². The van der Waals surface area contributed by atoms with Crippen molar-refractivity contribution in [3.63, 3.8) is 0 Å². The molecule has 2 N–H and O–H groups in total. The number of hydrogen-bond donors (Lipinski definition) is 1. The second-order valence-electron chi connectivity index (χ2n) is 5.23. The Hall–Kier alpha value is -0.820. The molecule has 0 aliphatic carbocycles. The van der Waals surface area contributed by atoms with Gasteiger partial charge >= 0.3 is 0 Å². The van der Waals surface area contributed by atoms with Crippen LogP contribution >= 0.6 is 0 Å². The molecule has 84 valence electrons. The molecule has 0 aromatic heterocycles. The van der Waals surface area contributed by atoms with Gasteiger partial charge in [-0.2, -0.15) is 0 Å². The molecule has 1 aromatic carbocycles. The zero-order chi connectivity index (χ0) is 11.5. The summed E-state index contributed by atoms with van der Waals surface area (Å²) in [6, 6.07) is 6.55. The summed E-state index contributed by atoms with van der Waals surface area (Å²) in [5.74, 6) is 0. The maximum absolute atomic E-state index is 5.74. The zero-order valence-corrected chi connectivity index (χ0v) is 10.4. The third kappa shape index (κ3) is 3.35. The number of benzene rings is 1. The highest BCUT2D eigenvalue weighted by Gasteiger charge is 2.15. The number of aryl methyl sites for hydroxylation is 2. The van der Waals surface area contributed by atoms with Gasteiger partial charge in [-0.1, -0.05) is 32.0 Å². The van der Waals surface area contributed by atoms with Crippen LogP contribution in [0, 0.1) is 19.3 Å². The van der Waals surface area contributed by atoms with Gasteiger partial charge in [-0.15, -0.1) is 0 Å². The number of hydrogen-bond acceptors (Lipinski definition) is 1. The van der Waals surface area contributed by atoms with E-state index >= 15 is 0 Å². The Balaban J connectivity index is 2.70. The molecule has 0 saturated heterocycles. The van der Waals surface area contributed by atoms with Gasteiger partial charge in [-0.05, 0) is 55.3 Å². The highest BCUT2D eigenvalue weighted by molar-refractivity contribution is 5.33. The first-order valence-electron chi connectivity index (χ1n) is 5.71. The summed E-state index contributed by atoms with van der Waals surface area (Å²) in [5.41, 5.74) is 10.3. The number of nitrogens with two attached hydrogens (primary N) is 1. The van der Waals surface area contributed by atoms with Crippen molar-refractivity contribution in [1.82, 2.24) is 0 Å². The fraction of sp³-hybridized carbons (Fsp3) is 0.571. The third-order valence-electron chi connectivity index (χ3n) is 3.34. The van der Waals surface area contributed by atoms with Gasteiger partial charge in [0.15, 0.2) is 0 Å². The van der Waals surface area contributed by atoms with Crippen molar-refractivity contribution in [3.05, 3.63) is 34.9 Å². The standard InChI is InChI=1S/C14H23N/c1-11-6-5-7-13(12(11)2)8-9-14(3,4)10-15/h5-7H,8-10,15H2,1-4H3. The quantitative estimate of drug-likeness (QED) is 0.802. The Morgan fingerprint density at radius 1 is 1.20 bits per heavy atom. The van der Waals surface area contributed by atoms with E-state index in [1.54, 1.807) is 0 Å². The van der Waals surface area contributed by atoms with E-state index in [2.05, 4.69) is 45.9 Å². The average molecular weight is 205 g/mol. The summed E-state index contributed by atoms with van der Waals surface area (Å²) in [6.07, 6.45) is 2.30. The molecule has 0 saturated carbocycles. The van der Waals surface area contributed by atoms with Crippen LogP contribution in [0.4, 0.5) is 0 Å². The Labute approximate surface area is 93.7 Å². The van der Waals surface area contributed by atoms with Crippen LogP contribution in [-0.4, -0.2) is 6.54 Å². The van der Waals surface area contributed by atoms with Gasteiger partial charge in [0, 0.05) is 0 Å². The summed E-state index contributed by atoms with van der Waals surface area (Å²) in [4.78, 5) is 0.